The van der Waals surface area contributed by atoms with Crippen LogP contribution in [0.15, 0.2) is 56.7 Å². The molecule has 0 saturated heterocycles. The second kappa shape index (κ2) is 10.2. The minimum atomic E-state index is -0.820. The lowest BCUT2D eigenvalue weighted by Gasteiger charge is -2.16. The highest BCUT2D eigenvalue weighted by atomic mass is 79.9. The number of hydrogen-bond acceptors (Lipinski definition) is 8. The molecular formula is C23H20BrNO8. The van der Waals surface area contributed by atoms with Gasteiger partial charge in [0.2, 0.25) is 5.75 Å². The van der Waals surface area contributed by atoms with Gasteiger partial charge < -0.3 is 28.7 Å². The lowest BCUT2D eigenvalue weighted by molar-refractivity contribution is 0.0732. The van der Waals surface area contributed by atoms with Crippen molar-refractivity contribution in [3.63, 3.8) is 0 Å². The van der Waals surface area contributed by atoms with Crippen LogP contribution in [-0.4, -0.2) is 39.8 Å². The molecule has 33 heavy (non-hydrogen) atoms. The van der Waals surface area contributed by atoms with Gasteiger partial charge in [0.25, 0.3) is 5.91 Å². The van der Waals surface area contributed by atoms with Crippen LogP contribution in [0.25, 0.3) is 11.0 Å². The maximum absolute atomic E-state index is 12.9. The van der Waals surface area contributed by atoms with Crippen molar-refractivity contribution in [3.05, 3.63) is 69.0 Å². The Morgan fingerprint density at radius 2 is 1.79 bits per heavy atom. The van der Waals surface area contributed by atoms with Crippen LogP contribution in [0, 0.1) is 0 Å². The number of rotatable bonds is 8. The quantitative estimate of drug-likeness (QED) is 0.208. The third-order valence-corrected chi connectivity index (χ3v) is 5.35. The monoisotopic (exact) mass is 517 g/mol. The average Bonchev–Trinajstić information content (AvgIpc) is 2.81. The third-order valence-electron chi connectivity index (χ3n) is 4.56. The molecule has 10 heteroatoms. The fraction of sp³-hybridized carbons (Fsp3) is 0.174. The Kier molecular flexibility index (Phi) is 7.39. The number of halogens is 1. The van der Waals surface area contributed by atoms with Gasteiger partial charge in [-0.05, 0) is 40.2 Å². The molecule has 1 aromatic heterocycles. The van der Waals surface area contributed by atoms with Crippen LogP contribution in [-0.2, 0) is 0 Å². The highest BCUT2D eigenvalue weighted by Crippen LogP contribution is 2.45. The Morgan fingerprint density at radius 3 is 2.42 bits per heavy atom. The number of esters is 1. The molecule has 1 heterocycles. The van der Waals surface area contributed by atoms with Gasteiger partial charge >= 0.3 is 11.6 Å². The molecule has 0 aliphatic rings. The van der Waals surface area contributed by atoms with E-state index in [1.165, 1.54) is 51.7 Å². The first kappa shape index (κ1) is 23.9. The first-order chi connectivity index (χ1) is 15.8. The average molecular weight is 518 g/mol. The smallest absolute Gasteiger partial charge is 0.349 e. The number of fused-ring (bicyclic) bond motifs is 1. The zero-order chi connectivity index (χ0) is 24.1. The summed E-state index contributed by atoms with van der Waals surface area (Å²) in [5.41, 5.74) is -0.690. The van der Waals surface area contributed by atoms with E-state index >= 15 is 0 Å². The molecular weight excluding hydrogens is 498 g/mol. The van der Waals surface area contributed by atoms with E-state index in [1.807, 2.05) is 0 Å². The Balaban J connectivity index is 1.94. The lowest BCUT2D eigenvalue weighted by Crippen LogP contribution is -2.28. The number of nitrogens with one attached hydrogen (secondary N) is 1. The third kappa shape index (κ3) is 4.85. The number of amides is 1. The minimum Gasteiger partial charge on any atom is -0.493 e. The van der Waals surface area contributed by atoms with Crippen molar-refractivity contribution >= 4 is 38.8 Å². The fourth-order valence-electron chi connectivity index (χ4n) is 3.01. The molecule has 0 saturated carbocycles. The lowest BCUT2D eigenvalue weighted by atomic mass is 10.1. The van der Waals surface area contributed by atoms with E-state index in [1.54, 1.807) is 6.07 Å². The molecule has 0 bridgehead atoms. The Hall–Kier alpha value is -3.79. The molecule has 3 rings (SSSR count). The van der Waals surface area contributed by atoms with Gasteiger partial charge in [-0.3, -0.25) is 4.79 Å². The van der Waals surface area contributed by atoms with Gasteiger partial charge in [0.1, 0.15) is 16.9 Å². The first-order valence-corrected chi connectivity index (χ1v) is 10.3. The number of carbonyl (C=O) groups excluding carboxylic acids is 2. The van der Waals surface area contributed by atoms with Gasteiger partial charge in [-0.2, -0.15) is 0 Å². The molecule has 0 aliphatic carbocycles. The van der Waals surface area contributed by atoms with Gasteiger partial charge in [0.15, 0.2) is 11.5 Å². The van der Waals surface area contributed by atoms with E-state index in [2.05, 4.69) is 27.8 Å². The summed E-state index contributed by atoms with van der Waals surface area (Å²) in [4.78, 5) is 37.2. The van der Waals surface area contributed by atoms with E-state index in [0.29, 0.717) is 15.6 Å². The van der Waals surface area contributed by atoms with E-state index in [4.69, 9.17) is 23.4 Å². The van der Waals surface area contributed by atoms with E-state index in [0.717, 1.165) is 0 Å². The van der Waals surface area contributed by atoms with Crippen molar-refractivity contribution in [3.8, 4) is 23.0 Å². The number of ether oxygens (including phenoxy) is 4. The largest absolute Gasteiger partial charge is 0.493 e. The van der Waals surface area contributed by atoms with Crippen LogP contribution in [0.5, 0.6) is 23.0 Å². The van der Waals surface area contributed by atoms with Crippen LogP contribution in [0.2, 0.25) is 0 Å². The van der Waals surface area contributed by atoms with Crippen LogP contribution in [0.3, 0.4) is 0 Å². The molecule has 0 radical (unpaired) electrons. The summed E-state index contributed by atoms with van der Waals surface area (Å²) in [5, 5.41) is 3.00. The SMILES string of the molecule is C=CCNC(=O)c1cc2ccc(OC(=O)c3cc(OC)c(OC)c(OC)c3Br)cc2oc1=O. The molecule has 0 atom stereocenters. The maximum atomic E-state index is 12.9. The molecule has 2 aromatic carbocycles. The maximum Gasteiger partial charge on any atom is 0.349 e. The van der Waals surface area contributed by atoms with Crippen molar-refractivity contribution in [2.45, 2.75) is 0 Å². The Morgan fingerprint density at radius 1 is 1.06 bits per heavy atom. The summed E-state index contributed by atoms with van der Waals surface area (Å²) in [6, 6.07) is 7.31. The summed E-state index contributed by atoms with van der Waals surface area (Å²) in [5.74, 6) is -0.326. The molecule has 1 N–H and O–H groups in total. The van der Waals surface area contributed by atoms with Crippen molar-refractivity contribution < 1.29 is 33.0 Å². The zero-order valence-corrected chi connectivity index (χ0v) is 19.6. The predicted octanol–water partition coefficient (Wildman–Crippen LogP) is 3.72. The summed E-state index contributed by atoms with van der Waals surface area (Å²) in [7, 11) is 4.30. The summed E-state index contributed by atoms with van der Waals surface area (Å²) in [6.07, 6.45) is 1.49. The summed E-state index contributed by atoms with van der Waals surface area (Å²) >= 11 is 3.33. The molecule has 0 aliphatic heterocycles. The number of methoxy groups -OCH3 is 3. The van der Waals surface area contributed by atoms with E-state index in [-0.39, 0.29) is 40.5 Å². The van der Waals surface area contributed by atoms with E-state index < -0.39 is 17.5 Å². The predicted molar refractivity (Wildman–Crippen MR) is 124 cm³/mol. The van der Waals surface area contributed by atoms with Gasteiger partial charge in [0, 0.05) is 18.0 Å². The first-order valence-electron chi connectivity index (χ1n) is 9.52. The second-order valence-electron chi connectivity index (χ2n) is 6.54. The topological polar surface area (TPSA) is 113 Å². The van der Waals surface area contributed by atoms with Crippen LogP contribution < -0.4 is 29.9 Å². The van der Waals surface area contributed by atoms with Crippen molar-refractivity contribution in [1.82, 2.24) is 5.32 Å². The Bertz CT molecular complexity index is 1300. The number of carbonyl (C=O) groups is 2. The standard InChI is InChI=1S/C23H20BrNO8/c1-5-8-25-21(26)15-9-12-6-7-13(10-16(12)33-23(15)28)32-22(27)14-11-17(29-2)19(30-3)20(31-4)18(14)24/h5-7,9-11H,1,8H2,2-4H3,(H,25,26). The summed E-state index contributed by atoms with van der Waals surface area (Å²) in [6.45, 7) is 3.72. The molecule has 3 aromatic rings. The van der Waals surface area contributed by atoms with Crippen molar-refractivity contribution in [1.29, 1.82) is 0 Å². The van der Waals surface area contributed by atoms with Crippen LogP contribution in [0.1, 0.15) is 20.7 Å². The fourth-order valence-corrected chi connectivity index (χ4v) is 3.62. The number of hydrogen-bond donors (Lipinski definition) is 1. The molecule has 9 nitrogen and oxygen atoms in total. The molecule has 172 valence electrons. The van der Waals surface area contributed by atoms with Crippen molar-refractivity contribution in [2.24, 2.45) is 0 Å². The van der Waals surface area contributed by atoms with Crippen molar-refractivity contribution in [2.75, 3.05) is 27.9 Å². The highest BCUT2D eigenvalue weighted by Gasteiger charge is 2.24. The second-order valence-corrected chi connectivity index (χ2v) is 7.34. The van der Waals surface area contributed by atoms with Gasteiger partial charge in [-0.15, -0.1) is 6.58 Å². The molecule has 0 unspecified atom stereocenters. The zero-order valence-electron chi connectivity index (χ0n) is 18.0. The van der Waals surface area contributed by atoms with Gasteiger partial charge in [-0.1, -0.05) is 6.08 Å². The van der Waals surface area contributed by atoms with E-state index in [9.17, 15) is 14.4 Å². The van der Waals surface area contributed by atoms with Crippen LogP contribution in [0.4, 0.5) is 0 Å². The normalized spacial score (nSPS) is 10.4. The highest BCUT2D eigenvalue weighted by molar-refractivity contribution is 9.10. The summed E-state index contributed by atoms with van der Waals surface area (Å²) < 4.78 is 26.9. The van der Waals surface area contributed by atoms with Gasteiger partial charge in [0.05, 0.1) is 31.4 Å². The van der Waals surface area contributed by atoms with Crippen LogP contribution >= 0.6 is 15.9 Å². The molecule has 0 fully saturated rings. The van der Waals surface area contributed by atoms with Gasteiger partial charge in [-0.25, -0.2) is 9.59 Å². The number of benzene rings is 2. The molecule has 0 spiro atoms. The molecule has 1 amide bonds. The minimum absolute atomic E-state index is 0.125. The Labute approximate surface area is 197 Å².